The average molecular weight is 576 g/mol. The van der Waals surface area contributed by atoms with Crippen molar-refractivity contribution in [2.24, 2.45) is 0 Å². The second-order valence-electron chi connectivity index (χ2n) is 11.9. The van der Waals surface area contributed by atoms with E-state index >= 15 is 0 Å². The largest absolute Gasteiger partial charge is 0.508 e. The second kappa shape index (κ2) is 13.2. The van der Waals surface area contributed by atoms with Gasteiger partial charge in [-0.25, -0.2) is 0 Å². The Kier molecular flexibility index (Phi) is 9.47. The van der Waals surface area contributed by atoms with Gasteiger partial charge in [-0.05, 0) is 59.1 Å². The first-order valence-electron chi connectivity index (χ1n) is 14.8. The SMILES string of the molecule is C[C@H](CN(C)C)Oc1nc2c(c(N3CCN(C(O)/C=C/CN(C)C)CC3)n1)CCN(c1cc(O)cc3ccccc13)C2. The molecule has 42 heavy (non-hydrogen) atoms. The monoisotopic (exact) mass is 575 g/mol. The number of aromatic nitrogens is 2. The number of hydrogen-bond acceptors (Lipinski definition) is 10. The van der Waals surface area contributed by atoms with Crippen molar-refractivity contribution in [2.45, 2.75) is 32.2 Å². The summed E-state index contributed by atoms with van der Waals surface area (Å²) in [5, 5.41) is 23.3. The summed E-state index contributed by atoms with van der Waals surface area (Å²) >= 11 is 0. The maximum Gasteiger partial charge on any atom is 0.318 e. The maximum absolute atomic E-state index is 10.7. The number of benzene rings is 2. The second-order valence-corrected chi connectivity index (χ2v) is 11.9. The zero-order valence-electron chi connectivity index (χ0n) is 25.6. The van der Waals surface area contributed by atoms with E-state index in [4.69, 9.17) is 14.7 Å². The number of aliphatic hydroxyl groups excluding tert-OH is 1. The van der Waals surface area contributed by atoms with Crippen LogP contribution in [0.1, 0.15) is 18.2 Å². The number of phenolic OH excluding ortho intramolecular Hbond substituents is 1. The third-order valence-electron chi connectivity index (χ3n) is 7.88. The van der Waals surface area contributed by atoms with E-state index in [-0.39, 0.29) is 11.9 Å². The summed E-state index contributed by atoms with van der Waals surface area (Å²) in [5.41, 5.74) is 3.12. The zero-order valence-corrected chi connectivity index (χ0v) is 25.6. The number of aromatic hydroxyl groups is 1. The molecule has 5 rings (SSSR count). The Bertz CT molecular complexity index is 1390. The fraction of sp³-hybridized carbons (Fsp3) is 0.500. The van der Waals surface area contributed by atoms with Gasteiger partial charge < -0.3 is 34.5 Å². The molecule has 1 aromatic heterocycles. The molecule has 0 aliphatic carbocycles. The highest BCUT2D eigenvalue weighted by atomic mass is 16.5. The van der Waals surface area contributed by atoms with Crippen LogP contribution in [0.5, 0.6) is 11.8 Å². The number of likely N-dealkylation sites (N-methyl/N-ethyl adjacent to an activating group) is 2. The molecular weight excluding hydrogens is 530 g/mol. The van der Waals surface area contributed by atoms with E-state index < -0.39 is 6.23 Å². The molecule has 0 amide bonds. The maximum atomic E-state index is 10.7. The molecule has 3 aromatic rings. The molecule has 0 spiro atoms. The fourth-order valence-corrected chi connectivity index (χ4v) is 5.89. The molecule has 0 saturated carbocycles. The normalized spacial score (nSPS) is 17.8. The summed E-state index contributed by atoms with van der Waals surface area (Å²) < 4.78 is 6.26. The lowest BCUT2D eigenvalue weighted by Gasteiger charge is -2.39. The Morgan fingerprint density at radius 2 is 1.74 bits per heavy atom. The van der Waals surface area contributed by atoms with Gasteiger partial charge in [0, 0.05) is 68.5 Å². The molecule has 0 radical (unpaired) electrons. The number of fused-ring (bicyclic) bond motifs is 2. The van der Waals surface area contributed by atoms with Crippen molar-refractivity contribution < 1.29 is 14.9 Å². The minimum absolute atomic E-state index is 0.0680. The zero-order chi connectivity index (χ0) is 29.8. The first-order valence-corrected chi connectivity index (χ1v) is 14.8. The van der Waals surface area contributed by atoms with Crippen molar-refractivity contribution in [3.8, 4) is 11.8 Å². The first kappa shape index (κ1) is 30.0. The number of ether oxygens (including phenoxy) is 1. The molecule has 2 aliphatic heterocycles. The van der Waals surface area contributed by atoms with Gasteiger partial charge in [-0.2, -0.15) is 9.97 Å². The van der Waals surface area contributed by atoms with Gasteiger partial charge >= 0.3 is 6.01 Å². The van der Waals surface area contributed by atoms with Gasteiger partial charge in [0.25, 0.3) is 0 Å². The van der Waals surface area contributed by atoms with Crippen molar-refractivity contribution in [3.63, 3.8) is 0 Å². The molecular formula is C32H45N7O3. The van der Waals surface area contributed by atoms with Crippen LogP contribution >= 0.6 is 0 Å². The smallest absolute Gasteiger partial charge is 0.318 e. The van der Waals surface area contributed by atoms with Crippen LogP contribution in [-0.2, 0) is 13.0 Å². The van der Waals surface area contributed by atoms with Crippen molar-refractivity contribution in [1.82, 2.24) is 24.7 Å². The van der Waals surface area contributed by atoms with Gasteiger partial charge in [0.15, 0.2) is 0 Å². The van der Waals surface area contributed by atoms with Gasteiger partial charge in [-0.3, -0.25) is 4.90 Å². The molecule has 1 unspecified atom stereocenters. The first-order chi connectivity index (χ1) is 20.2. The number of aliphatic hydroxyl groups is 1. The number of phenols is 1. The molecule has 1 fully saturated rings. The lowest BCUT2D eigenvalue weighted by atomic mass is 10.0. The molecule has 226 valence electrons. The lowest BCUT2D eigenvalue weighted by Crippen LogP contribution is -2.50. The van der Waals surface area contributed by atoms with Crippen LogP contribution in [-0.4, -0.2) is 121 Å². The highest BCUT2D eigenvalue weighted by Gasteiger charge is 2.29. The van der Waals surface area contributed by atoms with Crippen LogP contribution < -0.4 is 14.5 Å². The Balaban J connectivity index is 1.40. The molecule has 10 nitrogen and oxygen atoms in total. The van der Waals surface area contributed by atoms with Crippen molar-refractivity contribution in [3.05, 3.63) is 59.8 Å². The molecule has 2 N–H and O–H groups in total. The van der Waals surface area contributed by atoms with E-state index in [0.717, 1.165) is 85.8 Å². The summed E-state index contributed by atoms with van der Waals surface area (Å²) in [6, 6.07) is 12.2. The van der Waals surface area contributed by atoms with Crippen molar-refractivity contribution >= 4 is 22.3 Å². The number of anilines is 2. The molecule has 2 aliphatic rings. The quantitative estimate of drug-likeness (QED) is 0.352. The average Bonchev–Trinajstić information content (AvgIpc) is 2.95. The van der Waals surface area contributed by atoms with Gasteiger partial charge in [0.05, 0.1) is 12.2 Å². The van der Waals surface area contributed by atoms with E-state index in [9.17, 15) is 10.2 Å². The van der Waals surface area contributed by atoms with Gasteiger partial charge in [0.1, 0.15) is 23.9 Å². The van der Waals surface area contributed by atoms with Gasteiger partial charge in [-0.15, -0.1) is 0 Å². The number of rotatable bonds is 10. The summed E-state index contributed by atoms with van der Waals surface area (Å²) in [6.45, 7) is 7.99. The van der Waals surface area contributed by atoms with Crippen LogP contribution in [0, 0.1) is 0 Å². The summed E-state index contributed by atoms with van der Waals surface area (Å²) in [4.78, 5) is 20.8. The van der Waals surface area contributed by atoms with Gasteiger partial charge in [0.2, 0.25) is 0 Å². The Hall–Kier alpha value is -3.44. The molecule has 3 heterocycles. The minimum Gasteiger partial charge on any atom is -0.508 e. The molecule has 0 bridgehead atoms. The predicted molar refractivity (Wildman–Crippen MR) is 169 cm³/mol. The van der Waals surface area contributed by atoms with E-state index in [1.54, 1.807) is 0 Å². The number of piperazine rings is 1. The molecule has 10 heteroatoms. The van der Waals surface area contributed by atoms with Crippen LogP contribution in [0.25, 0.3) is 10.8 Å². The van der Waals surface area contributed by atoms with Crippen LogP contribution in [0.4, 0.5) is 11.5 Å². The van der Waals surface area contributed by atoms with Gasteiger partial charge in [-0.1, -0.05) is 30.3 Å². The lowest BCUT2D eigenvalue weighted by molar-refractivity contribution is 0.0373. The summed E-state index contributed by atoms with van der Waals surface area (Å²) in [7, 11) is 8.09. The van der Waals surface area contributed by atoms with E-state index in [1.807, 2.05) is 77.6 Å². The van der Waals surface area contributed by atoms with E-state index in [1.165, 1.54) is 0 Å². The van der Waals surface area contributed by atoms with Crippen molar-refractivity contribution in [2.75, 3.05) is 83.8 Å². The number of hydrogen-bond donors (Lipinski definition) is 2. The summed E-state index contributed by atoms with van der Waals surface area (Å²) in [6.07, 6.45) is 4.01. The Morgan fingerprint density at radius 1 is 0.976 bits per heavy atom. The third kappa shape index (κ3) is 7.12. The standard InChI is InChI=1S/C32H45N7O3/c1-23(21-36(4)5)42-32-33-28-22-39(29-20-25(40)19-24-9-6-7-10-26(24)29)14-12-27(28)31(34-32)38-17-15-37(16-18-38)30(41)11-8-13-35(2)3/h6-11,19-20,23,30,40-41H,12-18,21-22H2,1-5H3/b11-8+/t23-,30?/m1/s1. The minimum atomic E-state index is -0.595. The highest BCUT2D eigenvalue weighted by molar-refractivity contribution is 5.95. The Labute approximate surface area is 249 Å². The number of nitrogens with zero attached hydrogens (tertiary/aromatic N) is 7. The van der Waals surface area contributed by atoms with Crippen molar-refractivity contribution in [1.29, 1.82) is 0 Å². The van der Waals surface area contributed by atoms with E-state index in [0.29, 0.717) is 12.6 Å². The molecule has 2 atom stereocenters. The summed E-state index contributed by atoms with van der Waals surface area (Å²) in [5.74, 6) is 1.20. The fourth-order valence-electron chi connectivity index (χ4n) is 5.89. The Morgan fingerprint density at radius 3 is 2.48 bits per heavy atom. The topological polar surface area (TPSA) is 91.7 Å². The van der Waals surface area contributed by atoms with Crippen LogP contribution in [0.2, 0.25) is 0 Å². The van der Waals surface area contributed by atoms with E-state index in [2.05, 4.69) is 30.6 Å². The highest BCUT2D eigenvalue weighted by Crippen LogP contribution is 2.36. The predicted octanol–water partition coefficient (Wildman–Crippen LogP) is 2.79. The molecule has 2 aromatic carbocycles. The van der Waals surface area contributed by atoms with Crippen LogP contribution in [0.3, 0.4) is 0 Å². The third-order valence-corrected chi connectivity index (χ3v) is 7.88. The van der Waals surface area contributed by atoms with Crippen LogP contribution in [0.15, 0.2) is 48.6 Å². The molecule has 1 saturated heterocycles.